The summed E-state index contributed by atoms with van der Waals surface area (Å²) in [5.41, 5.74) is 5.88. The van der Waals surface area contributed by atoms with E-state index >= 15 is 0 Å². The van der Waals surface area contributed by atoms with Crippen molar-refractivity contribution in [2.75, 3.05) is 5.32 Å². The van der Waals surface area contributed by atoms with Crippen LogP contribution in [0, 0.1) is 6.92 Å². The lowest BCUT2D eigenvalue weighted by Gasteiger charge is -2.10. The average Bonchev–Trinajstić information content (AvgIpc) is 3.06. The molecule has 4 aromatic rings. The maximum Gasteiger partial charge on any atom is 0.165 e. The number of benzene rings is 2. The van der Waals surface area contributed by atoms with Gasteiger partial charge in [0.05, 0.1) is 6.20 Å². The first-order valence-corrected chi connectivity index (χ1v) is 8.99. The molecule has 0 fully saturated rings. The lowest BCUT2D eigenvalue weighted by molar-refractivity contribution is 0.938. The molecule has 0 unspecified atom stereocenters. The monoisotopic (exact) mass is 362 g/mol. The first-order chi connectivity index (χ1) is 12.7. The summed E-state index contributed by atoms with van der Waals surface area (Å²) >= 11 is 6.37. The van der Waals surface area contributed by atoms with Crippen molar-refractivity contribution in [3.05, 3.63) is 77.1 Å². The molecule has 2 heterocycles. The number of rotatable bonds is 4. The van der Waals surface area contributed by atoms with E-state index in [0.29, 0.717) is 5.02 Å². The van der Waals surface area contributed by atoms with E-state index in [4.69, 9.17) is 11.6 Å². The summed E-state index contributed by atoms with van der Waals surface area (Å²) in [7, 11) is 0. The molecule has 4 nitrogen and oxygen atoms in total. The van der Waals surface area contributed by atoms with E-state index in [1.165, 1.54) is 5.56 Å². The topological polar surface area (TPSA) is 42.2 Å². The Hall–Kier alpha value is -2.85. The van der Waals surface area contributed by atoms with Gasteiger partial charge in [-0.3, -0.25) is 0 Å². The Labute approximate surface area is 157 Å². The quantitative estimate of drug-likeness (QED) is 0.509. The number of halogens is 1. The predicted molar refractivity (Wildman–Crippen MR) is 107 cm³/mol. The molecular formula is C21H19ClN4. The van der Waals surface area contributed by atoms with E-state index in [1.54, 1.807) is 0 Å². The summed E-state index contributed by atoms with van der Waals surface area (Å²) in [4.78, 5) is 4.68. The third-order valence-corrected chi connectivity index (χ3v) is 4.73. The second-order valence-electron chi connectivity index (χ2n) is 6.23. The van der Waals surface area contributed by atoms with Crippen LogP contribution in [-0.2, 0) is 6.42 Å². The number of hydrogen-bond acceptors (Lipinski definition) is 3. The number of fused-ring (bicyclic) bond motifs is 1. The molecule has 0 aliphatic heterocycles. The highest BCUT2D eigenvalue weighted by atomic mass is 35.5. The second-order valence-corrected chi connectivity index (χ2v) is 6.64. The molecule has 0 aliphatic carbocycles. The molecule has 130 valence electrons. The van der Waals surface area contributed by atoms with Crippen LogP contribution in [0.25, 0.3) is 16.8 Å². The van der Waals surface area contributed by atoms with Gasteiger partial charge in [-0.15, -0.1) is 0 Å². The smallest absolute Gasteiger partial charge is 0.165 e. The van der Waals surface area contributed by atoms with Gasteiger partial charge >= 0.3 is 0 Å². The maximum absolute atomic E-state index is 6.37. The van der Waals surface area contributed by atoms with Crippen LogP contribution in [0.4, 0.5) is 11.5 Å². The van der Waals surface area contributed by atoms with Crippen LogP contribution in [0.15, 0.2) is 60.8 Å². The Balaban J connectivity index is 1.80. The minimum absolute atomic E-state index is 0.690. The third-order valence-electron chi connectivity index (χ3n) is 4.40. The maximum atomic E-state index is 6.37. The largest absolute Gasteiger partial charge is 0.340 e. The molecule has 4 rings (SSSR count). The molecule has 0 aliphatic rings. The van der Waals surface area contributed by atoms with Crippen molar-refractivity contribution >= 4 is 28.8 Å². The van der Waals surface area contributed by atoms with E-state index < -0.39 is 0 Å². The van der Waals surface area contributed by atoms with Gasteiger partial charge < -0.3 is 5.32 Å². The number of anilines is 2. The van der Waals surface area contributed by atoms with Crippen molar-refractivity contribution in [3.63, 3.8) is 0 Å². The standard InChI is InChI=1S/C21H19ClN4/c1-3-15-8-10-16(11-9-15)25-20-12-14(2)24-21-18(13-23-26(20)21)17-6-4-5-7-19(17)22/h4-13,25H,3H2,1-2H3. The molecule has 0 saturated heterocycles. The van der Waals surface area contributed by atoms with E-state index in [9.17, 15) is 0 Å². The highest BCUT2D eigenvalue weighted by Crippen LogP contribution is 2.31. The van der Waals surface area contributed by atoms with Gasteiger partial charge in [0.1, 0.15) is 5.82 Å². The fourth-order valence-electron chi connectivity index (χ4n) is 3.01. The Bertz CT molecular complexity index is 1070. The molecule has 2 aromatic heterocycles. The van der Waals surface area contributed by atoms with Gasteiger partial charge in [-0.05, 0) is 37.1 Å². The summed E-state index contributed by atoms with van der Waals surface area (Å²) in [5.74, 6) is 0.870. The number of aryl methyl sites for hydroxylation is 2. The second kappa shape index (κ2) is 6.81. The molecule has 2 aromatic carbocycles. The van der Waals surface area contributed by atoms with Crippen LogP contribution >= 0.6 is 11.6 Å². The van der Waals surface area contributed by atoms with Crippen LogP contribution in [0.3, 0.4) is 0 Å². The molecule has 0 bridgehead atoms. The highest BCUT2D eigenvalue weighted by Gasteiger charge is 2.14. The van der Waals surface area contributed by atoms with Gasteiger partial charge in [-0.1, -0.05) is 48.9 Å². The van der Waals surface area contributed by atoms with Crippen LogP contribution in [0.5, 0.6) is 0 Å². The third kappa shape index (κ3) is 3.04. The Kier molecular flexibility index (Phi) is 4.35. The summed E-state index contributed by atoms with van der Waals surface area (Å²) in [6.45, 7) is 4.13. The zero-order chi connectivity index (χ0) is 18.1. The summed E-state index contributed by atoms with van der Waals surface area (Å²) in [6, 6.07) is 18.2. The lowest BCUT2D eigenvalue weighted by atomic mass is 10.1. The number of nitrogens with one attached hydrogen (secondary N) is 1. The van der Waals surface area contributed by atoms with Gasteiger partial charge in [0.15, 0.2) is 5.65 Å². The molecule has 0 atom stereocenters. The summed E-state index contributed by atoms with van der Waals surface area (Å²) < 4.78 is 1.82. The fraction of sp³-hybridized carbons (Fsp3) is 0.143. The Morgan fingerprint density at radius 3 is 2.54 bits per heavy atom. The van der Waals surface area contributed by atoms with E-state index in [2.05, 4.69) is 46.6 Å². The number of hydrogen-bond donors (Lipinski definition) is 1. The zero-order valence-corrected chi connectivity index (χ0v) is 15.5. The predicted octanol–water partition coefficient (Wildman–Crippen LogP) is 5.66. The van der Waals surface area contributed by atoms with Crippen molar-refractivity contribution in [3.8, 4) is 11.1 Å². The van der Waals surface area contributed by atoms with Gasteiger partial charge in [0.2, 0.25) is 0 Å². The molecule has 1 N–H and O–H groups in total. The van der Waals surface area contributed by atoms with Crippen LogP contribution in [-0.4, -0.2) is 14.6 Å². The van der Waals surface area contributed by atoms with Crippen molar-refractivity contribution in [1.82, 2.24) is 14.6 Å². The first kappa shape index (κ1) is 16.6. The SMILES string of the molecule is CCc1ccc(Nc2cc(C)nc3c(-c4ccccc4Cl)cnn23)cc1. The highest BCUT2D eigenvalue weighted by molar-refractivity contribution is 6.33. The molecule has 0 saturated carbocycles. The Morgan fingerprint density at radius 2 is 1.81 bits per heavy atom. The van der Waals surface area contributed by atoms with E-state index in [1.807, 2.05) is 48.0 Å². The fourth-order valence-corrected chi connectivity index (χ4v) is 3.25. The number of aromatic nitrogens is 3. The van der Waals surface area contributed by atoms with Crippen LogP contribution < -0.4 is 5.32 Å². The van der Waals surface area contributed by atoms with Gasteiger partial charge in [0, 0.05) is 33.6 Å². The van der Waals surface area contributed by atoms with Crippen molar-refractivity contribution in [2.24, 2.45) is 0 Å². The molecule has 26 heavy (non-hydrogen) atoms. The molecule has 0 radical (unpaired) electrons. The lowest BCUT2D eigenvalue weighted by Crippen LogP contribution is -2.02. The molecule has 5 heteroatoms. The molecular weight excluding hydrogens is 344 g/mol. The summed E-state index contributed by atoms with van der Waals surface area (Å²) in [5, 5.41) is 8.68. The van der Waals surface area contributed by atoms with Crippen molar-refractivity contribution < 1.29 is 0 Å². The van der Waals surface area contributed by atoms with E-state index in [0.717, 1.165) is 40.4 Å². The normalized spacial score (nSPS) is 11.0. The van der Waals surface area contributed by atoms with Crippen LogP contribution in [0.1, 0.15) is 18.2 Å². The Morgan fingerprint density at radius 1 is 1.04 bits per heavy atom. The summed E-state index contributed by atoms with van der Waals surface area (Å²) in [6.07, 6.45) is 2.84. The van der Waals surface area contributed by atoms with Crippen molar-refractivity contribution in [1.29, 1.82) is 0 Å². The van der Waals surface area contributed by atoms with Crippen molar-refractivity contribution in [2.45, 2.75) is 20.3 Å². The van der Waals surface area contributed by atoms with Gasteiger partial charge in [-0.25, -0.2) is 4.98 Å². The first-order valence-electron chi connectivity index (χ1n) is 8.62. The minimum Gasteiger partial charge on any atom is -0.340 e. The van der Waals surface area contributed by atoms with E-state index in [-0.39, 0.29) is 0 Å². The van der Waals surface area contributed by atoms with Crippen LogP contribution in [0.2, 0.25) is 5.02 Å². The molecule has 0 spiro atoms. The minimum atomic E-state index is 0.690. The zero-order valence-electron chi connectivity index (χ0n) is 14.7. The molecule has 0 amide bonds. The van der Waals surface area contributed by atoms with Gasteiger partial charge in [0.25, 0.3) is 0 Å². The number of nitrogens with zero attached hydrogens (tertiary/aromatic N) is 3. The van der Waals surface area contributed by atoms with Gasteiger partial charge in [-0.2, -0.15) is 9.61 Å². The average molecular weight is 363 g/mol.